The molecule has 0 unspecified atom stereocenters. The molecule has 0 fully saturated rings. The van der Waals surface area contributed by atoms with E-state index in [1.54, 1.807) is 0 Å². The van der Waals surface area contributed by atoms with Gasteiger partial charge in [-0.1, -0.05) is 6.92 Å². The fourth-order valence-electron chi connectivity index (χ4n) is 1.48. The van der Waals surface area contributed by atoms with Gasteiger partial charge in [0.2, 0.25) is 9.76 Å². The second kappa shape index (κ2) is 7.38. The van der Waals surface area contributed by atoms with E-state index in [1.165, 1.54) is 0 Å². The first-order chi connectivity index (χ1) is 6.95. The Morgan fingerprint density at radius 1 is 1.00 bits per heavy atom. The zero-order valence-corrected chi connectivity index (χ0v) is 12.4. The van der Waals surface area contributed by atoms with E-state index in [1.807, 2.05) is 34.6 Å². The van der Waals surface area contributed by atoms with Gasteiger partial charge in [0.25, 0.3) is 0 Å². The van der Waals surface area contributed by atoms with Crippen molar-refractivity contribution < 1.29 is 13.9 Å². The van der Waals surface area contributed by atoms with Gasteiger partial charge in [0.05, 0.1) is 12.2 Å². The van der Waals surface area contributed by atoms with Gasteiger partial charge < -0.3 is 13.9 Å². The lowest BCUT2D eigenvalue weighted by molar-refractivity contribution is -0.223. The second-order valence-electron chi connectivity index (χ2n) is 4.23. The molecule has 15 heavy (non-hydrogen) atoms. The van der Waals surface area contributed by atoms with Gasteiger partial charge in [-0.15, -0.1) is 0 Å². The Bertz CT molecular complexity index is 150. The van der Waals surface area contributed by atoms with Gasteiger partial charge >= 0.3 is 0 Å². The third-order valence-corrected chi connectivity index (χ3v) is 3.85. The lowest BCUT2D eigenvalue weighted by atomic mass is 10.4. The fourth-order valence-corrected chi connectivity index (χ4v) is 3.00. The molecule has 0 saturated carbocycles. The quantitative estimate of drug-likeness (QED) is 0.475. The summed E-state index contributed by atoms with van der Waals surface area (Å²) in [5, 5.41) is 0. The van der Waals surface area contributed by atoms with Crippen molar-refractivity contribution in [2.75, 3.05) is 6.61 Å². The molecule has 0 N–H and O–H groups in total. The summed E-state index contributed by atoms with van der Waals surface area (Å²) in [5.74, 6) is 0. The first-order valence-corrected chi connectivity index (χ1v) is 7.17. The van der Waals surface area contributed by atoms with Crippen LogP contribution in [0.2, 0.25) is 0 Å². The third-order valence-electron chi connectivity index (χ3n) is 1.97. The average molecular weight is 234 g/mol. The molecule has 0 radical (unpaired) electrons. The highest BCUT2D eigenvalue weighted by Gasteiger charge is 2.33. The molecule has 4 heteroatoms. The molecular weight excluding hydrogens is 208 g/mol. The summed E-state index contributed by atoms with van der Waals surface area (Å²) in [6, 6.07) is 0. The van der Waals surface area contributed by atoms with Crippen LogP contribution in [-0.2, 0) is 13.9 Å². The molecule has 0 aromatic rings. The van der Waals surface area contributed by atoms with Crippen LogP contribution in [0.25, 0.3) is 0 Å². The van der Waals surface area contributed by atoms with Crippen molar-refractivity contribution in [3.05, 3.63) is 0 Å². The molecular formula is C11H26O3Si. The minimum absolute atomic E-state index is 0.177. The molecule has 0 aromatic carbocycles. The van der Waals surface area contributed by atoms with Crippen molar-refractivity contribution in [2.45, 2.75) is 65.6 Å². The minimum atomic E-state index is -0.812. The maximum Gasteiger partial charge on any atom is 0.227 e. The topological polar surface area (TPSA) is 27.7 Å². The molecule has 0 aliphatic heterocycles. The van der Waals surface area contributed by atoms with Crippen LogP contribution in [0.5, 0.6) is 0 Å². The van der Waals surface area contributed by atoms with Crippen molar-refractivity contribution in [3.8, 4) is 0 Å². The van der Waals surface area contributed by atoms with Crippen LogP contribution in [0.15, 0.2) is 0 Å². The molecule has 0 atom stereocenters. The number of hydrogen-bond donors (Lipinski definition) is 0. The summed E-state index contributed by atoms with van der Waals surface area (Å²) in [6.07, 6.45) is 1.21. The lowest BCUT2D eigenvalue weighted by Crippen LogP contribution is -2.46. The van der Waals surface area contributed by atoms with Crippen molar-refractivity contribution in [1.82, 2.24) is 0 Å². The van der Waals surface area contributed by atoms with E-state index < -0.39 is 15.2 Å². The normalized spacial score (nSPS) is 13.6. The van der Waals surface area contributed by atoms with Gasteiger partial charge in [0, 0.05) is 6.61 Å². The van der Waals surface area contributed by atoms with Gasteiger partial charge in [-0.3, -0.25) is 0 Å². The van der Waals surface area contributed by atoms with Gasteiger partial charge in [-0.05, 0) is 41.0 Å². The zero-order chi connectivity index (χ0) is 11.9. The summed E-state index contributed by atoms with van der Waals surface area (Å²) in [5.41, 5.74) is -0.446. The molecule has 0 amide bonds. The Hall–Kier alpha value is 0.0969. The average Bonchev–Trinajstić information content (AvgIpc) is 2.12. The van der Waals surface area contributed by atoms with E-state index in [2.05, 4.69) is 6.92 Å². The van der Waals surface area contributed by atoms with Crippen molar-refractivity contribution in [1.29, 1.82) is 0 Å². The van der Waals surface area contributed by atoms with Crippen LogP contribution >= 0.6 is 0 Å². The number of hydrogen-bond acceptors (Lipinski definition) is 3. The summed E-state index contributed by atoms with van der Waals surface area (Å²) in [7, 11) is -0.812. The standard InChI is InChI=1S/C11H26O3Si/c1-7-11(13-9(3)4,14-10(5)6)15-12-8-2/h9-10H,7-8,15H2,1-6H3. The number of rotatable bonds is 8. The molecule has 0 aliphatic carbocycles. The first-order valence-electron chi connectivity index (χ1n) is 5.89. The van der Waals surface area contributed by atoms with Crippen LogP contribution < -0.4 is 0 Å². The minimum Gasteiger partial charge on any atom is -0.418 e. The Balaban J connectivity index is 4.44. The summed E-state index contributed by atoms with van der Waals surface area (Å²) >= 11 is 0. The molecule has 3 nitrogen and oxygen atoms in total. The molecule has 0 saturated heterocycles. The maximum atomic E-state index is 5.91. The molecule has 0 spiro atoms. The summed E-state index contributed by atoms with van der Waals surface area (Å²) in [6.45, 7) is 13.0. The Labute approximate surface area is 96.4 Å². The van der Waals surface area contributed by atoms with Crippen molar-refractivity contribution in [3.63, 3.8) is 0 Å². The molecule has 92 valence electrons. The van der Waals surface area contributed by atoms with E-state index in [0.29, 0.717) is 0 Å². The Morgan fingerprint density at radius 3 is 1.73 bits per heavy atom. The Morgan fingerprint density at radius 2 is 1.47 bits per heavy atom. The summed E-state index contributed by atoms with van der Waals surface area (Å²) in [4.78, 5) is 0. The summed E-state index contributed by atoms with van der Waals surface area (Å²) < 4.78 is 17.4. The monoisotopic (exact) mass is 234 g/mol. The predicted octanol–water partition coefficient (Wildman–Crippen LogP) is 2.02. The van der Waals surface area contributed by atoms with E-state index in [0.717, 1.165) is 13.0 Å². The van der Waals surface area contributed by atoms with Crippen LogP contribution in [0.3, 0.4) is 0 Å². The number of ether oxygens (including phenoxy) is 2. The van der Waals surface area contributed by atoms with Crippen molar-refractivity contribution >= 4 is 9.76 Å². The fraction of sp³-hybridized carbons (Fsp3) is 1.00. The molecule has 0 rings (SSSR count). The van der Waals surface area contributed by atoms with Gasteiger partial charge in [-0.25, -0.2) is 0 Å². The van der Waals surface area contributed by atoms with Crippen LogP contribution in [0, 0.1) is 0 Å². The van der Waals surface area contributed by atoms with E-state index in [-0.39, 0.29) is 12.2 Å². The Kier molecular flexibility index (Phi) is 7.43. The second-order valence-corrected chi connectivity index (χ2v) is 6.01. The third kappa shape index (κ3) is 6.30. The smallest absolute Gasteiger partial charge is 0.227 e. The highest BCUT2D eigenvalue weighted by atomic mass is 28.2. The molecule has 0 aromatic heterocycles. The lowest BCUT2D eigenvalue weighted by Gasteiger charge is -2.35. The maximum absolute atomic E-state index is 5.91. The largest absolute Gasteiger partial charge is 0.418 e. The van der Waals surface area contributed by atoms with Crippen molar-refractivity contribution in [2.24, 2.45) is 0 Å². The highest BCUT2D eigenvalue weighted by molar-refractivity contribution is 6.31. The van der Waals surface area contributed by atoms with Crippen LogP contribution in [0.1, 0.15) is 48.0 Å². The molecule has 0 bridgehead atoms. The molecule has 0 aliphatic rings. The predicted molar refractivity (Wildman–Crippen MR) is 65.6 cm³/mol. The van der Waals surface area contributed by atoms with E-state index in [4.69, 9.17) is 13.9 Å². The van der Waals surface area contributed by atoms with E-state index >= 15 is 0 Å². The first kappa shape index (κ1) is 15.1. The highest BCUT2D eigenvalue weighted by Crippen LogP contribution is 2.21. The van der Waals surface area contributed by atoms with Crippen LogP contribution in [-0.4, -0.2) is 34.0 Å². The SMILES string of the molecule is CCO[SiH2]C(CC)(OC(C)C)OC(C)C. The molecule has 0 heterocycles. The van der Waals surface area contributed by atoms with E-state index in [9.17, 15) is 0 Å². The van der Waals surface area contributed by atoms with Crippen LogP contribution in [0.4, 0.5) is 0 Å². The van der Waals surface area contributed by atoms with Gasteiger partial charge in [-0.2, -0.15) is 0 Å². The zero-order valence-electron chi connectivity index (χ0n) is 11.0. The van der Waals surface area contributed by atoms with Gasteiger partial charge in [0.15, 0.2) is 5.41 Å². The van der Waals surface area contributed by atoms with Gasteiger partial charge in [0.1, 0.15) is 0 Å².